The van der Waals surface area contributed by atoms with E-state index in [2.05, 4.69) is 32.9 Å². The fourth-order valence-electron chi connectivity index (χ4n) is 3.46. The van der Waals surface area contributed by atoms with E-state index in [1.807, 2.05) is 0 Å². The third-order valence-electron chi connectivity index (χ3n) is 4.87. The molecule has 1 aliphatic carbocycles. The Morgan fingerprint density at radius 1 is 1.00 bits per heavy atom. The molecule has 2 rings (SSSR count). The van der Waals surface area contributed by atoms with Gasteiger partial charge in [-0.05, 0) is 68.7 Å². The molecule has 0 spiro atoms. The summed E-state index contributed by atoms with van der Waals surface area (Å²) < 4.78 is 26.8. The molecular formula is C17H25F2N. The third kappa shape index (κ3) is 3.20. The lowest BCUT2D eigenvalue weighted by molar-refractivity contribution is -0.0652. The molecule has 1 fully saturated rings. The molecule has 112 valence electrons. The average molecular weight is 281 g/mol. The largest absolute Gasteiger partial charge is 0.330 e. The Hall–Kier alpha value is -0.960. The minimum Gasteiger partial charge on any atom is -0.330 e. The second-order valence-electron chi connectivity index (χ2n) is 6.61. The van der Waals surface area contributed by atoms with Crippen LogP contribution in [-0.2, 0) is 6.42 Å². The zero-order chi connectivity index (χ0) is 15.0. The number of hydrogen-bond acceptors (Lipinski definition) is 1. The first kappa shape index (κ1) is 15.4. The number of nitrogens with two attached hydrogens (primary N) is 1. The summed E-state index contributed by atoms with van der Waals surface area (Å²) in [7, 11) is 0. The van der Waals surface area contributed by atoms with Crippen LogP contribution < -0.4 is 5.73 Å². The van der Waals surface area contributed by atoms with Crippen molar-refractivity contribution in [2.24, 2.45) is 11.1 Å². The topological polar surface area (TPSA) is 26.0 Å². The lowest BCUT2D eigenvalue weighted by Crippen LogP contribution is -2.40. The predicted octanol–water partition coefficient (Wildman–Crippen LogP) is 4.31. The van der Waals surface area contributed by atoms with Crippen molar-refractivity contribution in [1.82, 2.24) is 0 Å². The Kier molecular flexibility index (Phi) is 4.19. The van der Waals surface area contributed by atoms with Crippen molar-refractivity contribution < 1.29 is 8.78 Å². The highest BCUT2D eigenvalue weighted by Gasteiger charge is 2.42. The fraction of sp³-hybridized carbons (Fsp3) is 0.647. The van der Waals surface area contributed by atoms with Crippen LogP contribution in [0.3, 0.4) is 0 Å². The quantitative estimate of drug-likeness (QED) is 0.878. The second-order valence-corrected chi connectivity index (χ2v) is 6.61. The summed E-state index contributed by atoms with van der Waals surface area (Å²) in [5, 5.41) is 0. The van der Waals surface area contributed by atoms with Gasteiger partial charge in [-0.2, -0.15) is 0 Å². The van der Waals surface area contributed by atoms with Gasteiger partial charge >= 0.3 is 0 Å². The molecule has 0 unspecified atom stereocenters. The summed E-state index contributed by atoms with van der Waals surface area (Å²) in [6, 6.07) is 4.34. The minimum absolute atomic E-state index is 0.0197. The Labute approximate surface area is 120 Å². The van der Waals surface area contributed by atoms with E-state index in [0.717, 1.165) is 6.42 Å². The van der Waals surface area contributed by atoms with Crippen LogP contribution >= 0.6 is 0 Å². The zero-order valence-corrected chi connectivity index (χ0v) is 12.7. The van der Waals surface area contributed by atoms with Crippen molar-refractivity contribution in [3.8, 4) is 0 Å². The molecule has 0 saturated heterocycles. The van der Waals surface area contributed by atoms with Gasteiger partial charge in [-0.25, -0.2) is 8.78 Å². The standard InChI is InChI=1S/C17H25F2N/c1-12-8-13(2)15(14(3)9-12)10-16(11-20)4-6-17(18,19)7-5-16/h8-9H,4-7,10-11,20H2,1-3H3. The molecule has 0 atom stereocenters. The normalized spacial score (nSPS) is 20.9. The molecule has 1 aliphatic rings. The van der Waals surface area contributed by atoms with Gasteiger partial charge in [0.25, 0.3) is 0 Å². The first-order valence-corrected chi connectivity index (χ1v) is 7.42. The number of benzene rings is 1. The first-order chi connectivity index (χ1) is 9.27. The smallest absolute Gasteiger partial charge is 0.248 e. The number of halogens is 2. The number of rotatable bonds is 3. The van der Waals surface area contributed by atoms with Crippen molar-refractivity contribution >= 4 is 0 Å². The fourth-order valence-corrected chi connectivity index (χ4v) is 3.46. The van der Waals surface area contributed by atoms with E-state index in [0.29, 0.717) is 19.4 Å². The summed E-state index contributed by atoms with van der Waals surface area (Å²) in [6.07, 6.45) is 1.85. The van der Waals surface area contributed by atoms with Gasteiger partial charge in [0.1, 0.15) is 0 Å². The lowest BCUT2D eigenvalue weighted by atomic mass is 9.68. The van der Waals surface area contributed by atoms with Crippen molar-refractivity contribution in [3.63, 3.8) is 0 Å². The highest BCUT2D eigenvalue weighted by atomic mass is 19.3. The van der Waals surface area contributed by atoms with Crippen LogP contribution in [-0.4, -0.2) is 12.5 Å². The summed E-state index contributed by atoms with van der Waals surface area (Å²) in [5.74, 6) is -2.49. The maximum atomic E-state index is 13.4. The van der Waals surface area contributed by atoms with Gasteiger partial charge in [0.15, 0.2) is 0 Å². The van der Waals surface area contributed by atoms with Crippen molar-refractivity contribution in [1.29, 1.82) is 0 Å². The van der Waals surface area contributed by atoms with Crippen LogP contribution in [0.1, 0.15) is 47.9 Å². The van der Waals surface area contributed by atoms with Crippen LogP contribution in [0, 0.1) is 26.2 Å². The van der Waals surface area contributed by atoms with Gasteiger partial charge in [0, 0.05) is 12.8 Å². The van der Waals surface area contributed by atoms with Crippen LogP contribution in [0.4, 0.5) is 8.78 Å². The molecule has 1 aromatic carbocycles. The summed E-state index contributed by atoms with van der Waals surface area (Å²) >= 11 is 0. The second kappa shape index (κ2) is 5.44. The van der Waals surface area contributed by atoms with E-state index in [1.54, 1.807) is 0 Å². The van der Waals surface area contributed by atoms with Crippen LogP contribution in [0.15, 0.2) is 12.1 Å². The SMILES string of the molecule is Cc1cc(C)c(CC2(CN)CCC(F)(F)CC2)c(C)c1. The number of alkyl halides is 2. The monoisotopic (exact) mass is 281 g/mol. The maximum absolute atomic E-state index is 13.4. The Morgan fingerprint density at radius 2 is 1.50 bits per heavy atom. The molecule has 1 aromatic rings. The third-order valence-corrected chi connectivity index (χ3v) is 4.87. The highest BCUT2D eigenvalue weighted by molar-refractivity contribution is 5.38. The average Bonchev–Trinajstić information content (AvgIpc) is 2.36. The van der Waals surface area contributed by atoms with Crippen LogP contribution in [0.5, 0.6) is 0 Å². The number of aryl methyl sites for hydroxylation is 3. The lowest BCUT2D eigenvalue weighted by Gasteiger charge is -2.40. The maximum Gasteiger partial charge on any atom is 0.248 e. The summed E-state index contributed by atoms with van der Waals surface area (Å²) in [4.78, 5) is 0. The Balaban J connectivity index is 2.23. The molecule has 1 saturated carbocycles. The molecule has 20 heavy (non-hydrogen) atoms. The summed E-state index contributed by atoms with van der Waals surface area (Å²) in [5.41, 5.74) is 10.9. The molecule has 0 aromatic heterocycles. The minimum atomic E-state index is -2.49. The van der Waals surface area contributed by atoms with E-state index in [-0.39, 0.29) is 18.3 Å². The Bertz CT molecular complexity index is 461. The van der Waals surface area contributed by atoms with Gasteiger partial charge in [-0.3, -0.25) is 0 Å². The van der Waals surface area contributed by atoms with Gasteiger partial charge in [0.2, 0.25) is 5.92 Å². The van der Waals surface area contributed by atoms with Crippen LogP contribution in [0.2, 0.25) is 0 Å². The molecule has 2 N–H and O–H groups in total. The molecule has 3 heteroatoms. The molecule has 0 amide bonds. The van der Waals surface area contributed by atoms with Gasteiger partial charge in [-0.1, -0.05) is 17.7 Å². The number of hydrogen-bond donors (Lipinski definition) is 1. The van der Waals surface area contributed by atoms with E-state index >= 15 is 0 Å². The van der Waals surface area contributed by atoms with Crippen molar-refractivity contribution in [2.75, 3.05) is 6.54 Å². The summed E-state index contributed by atoms with van der Waals surface area (Å²) in [6.45, 7) is 6.80. The Morgan fingerprint density at radius 3 is 1.95 bits per heavy atom. The zero-order valence-electron chi connectivity index (χ0n) is 12.7. The highest BCUT2D eigenvalue weighted by Crippen LogP contribution is 2.45. The molecule has 1 nitrogen and oxygen atoms in total. The van der Waals surface area contributed by atoms with Gasteiger partial charge in [0.05, 0.1) is 0 Å². The van der Waals surface area contributed by atoms with E-state index < -0.39 is 5.92 Å². The molecule has 0 bridgehead atoms. The molecule has 0 aliphatic heterocycles. The van der Waals surface area contributed by atoms with Crippen molar-refractivity contribution in [3.05, 3.63) is 34.4 Å². The molecular weight excluding hydrogens is 256 g/mol. The van der Waals surface area contributed by atoms with E-state index in [4.69, 9.17) is 5.73 Å². The van der Waals surface area contributed by atoms with Gasteiger partial charge in [-0.15, -0.1) is 0 Å². The van der Waals surface area contributed by atoms with Crippen LogP contribution in [0.25, 0.3) is 0 Å². The van der Waals surface area contributed by atoms with E-state index in [1.165, 1.54) is 22.3 Å². The van der Waals surface area contributed by atoms with Gasteiger partial charge < -0.3 is 5.73 Å². The molecule has 0 heterocycles. The first-order valence-electron chi connectivity index (χ1n) is 7.42. The molecule has 0 radical (unpaired) electrons. The van der Waals surface area contributed by atoms with Crippen molar-refractivity contribution in [2.45, 2.75) is 58.8 Å². The van der Waals surface area contributed by atoms with E-state index in [9.17, 15) is 8.78 Å². The predicted molar refractivity (Wildman–Crippen MR) is 79.3 cm³/mol.